The van der Waals surface area contributed by atoms with Gasteiger partial charge in [-0.15, -0.1) is 0 Å². The maximum absolute atomic E-state index is 11.9. The molecule has 0 aromatic heterocycles. The van der Waals surface area contributed by atoms with Crippen LogP contribution in [0.2, 0.25) is 0 Å². The molecule has 5 nitrogen and oxygen atoms in total. The number of piperidine rings is 1. The second kappa shape index (κ2) is 7.79. The molecule has 132 valence electrons. The van der Waals surface area contributed by atoms with Crippen LogP contribution in [0.15, 0.2) is 24.3 Å². The molecule has 0 unspecified atom stereocenters. The van der Waals surface area contributed by atoms with E-state index in [4.69, 9.17) is 9.47 Å². The number of ether oxygens (including phenoxy) is 2. The molecular weight excluding hydrogens is 306 g/mol. The van der Waals surface area contributed by atoms with Crippen molar-refractivity contribution in [1.82, 2.24) is 4.90 Å². The summed E-state index contributed by atoms with van der Waals surface area (Å²) < 4.78 is 10.1. The second-order valence-corrected chi connectivity index (χ2v) is 7.25. The SMILES string of the molecule is COC(=O)c1ccc(C2CCN(CC(=O)OC(C)(C)C)CC2)cc1. The average molecular weight is 333 g/mol. The van der Waals surface area contributed by atoms with E-state index in [1.165, 1.54) is 12.7 Å². The number of carbonyl (C=O) groups is 2. The van der Waals surface area contributed by atoms with Crippen LogP contribution in [0.4, 0.5) is 0 Å². The van der Waals surface area contributed by atoms with E-state index in [1.807, 2.05) is 45.0 Å². The number of esters is 2. The molecule has 0 aliphatic carbocycles. The average Bonchev–Trinajstić information content (AvgIpc) is 2.53. The summed E-state index contributed by atoms with van der Waals surface area (Å²) in [6, 6.07) is 7.63. The fourth-order valence-corrected chi connectivity index (χ4v) is 2.99. The first kappa shape index (κ1) is 18.5. The number of hydrogen-bond donors (Lipinski definition) is 0. The normalized spacial score (nSPS) is 16.7. The lowest BCUT2D eigenvalue weighted by atomic mass is 9.89. The van der Waals surface area contributed by atoms with Gasteiger partial charge in [-0.25, -0.2) is 4.79 Å². The van der Waals surface area contributed by atoms with E-state index in [0.717, 1.165) is 25.9 Å². The second-order valence-electron chi connectivity index (χ2n) is 7.25. The van der Waals surface area contributed by atoms with Crippen LogP contribution in [-0.4, -0.2) is 49.2 Å². The van der Waals surface area contributed by atoms with Crippen LogP contribution < -0.4 is 0 Å². The molecule has 1 aliphatic heterocycles. The zero-order valence-corrected chi connectivity index (χ0v) is 15.0. The lowest BCUT2D eigenvalue weighted by Crippen LogP contribution is -2.39. The Bertz CT molecular complexity index is 566. The van der Waals surface area contributed by atoms with Gasteiger partial charge in [0, 0.05) is 0 Å². The molecule has 0 atom stereocenters. The van der Waals surface area contributed by atoms with Crippen molar-refractivity contribution in [2.45, 2.75) is 45.1 Å². The van der Waals surface area contributed by atoms with Gasteiger partial charge in [0.25, 0.3) is 0 Å². The maximum Gasteiger partial charge on any atom is 0.337 e. The predicted octanol–water partition coefficient (Wildman–Crippen LogP) is 2.99. The van der Waals surface area contributed by atoms with Crippen molar-refractivity contribution in [3.63, 3.8) is 0 Å². The number of rotatable bonds is 4. The van der Waals surface area contributed by atoms with Crippen molar-refractivity contribution >= 4 is 11.9 Å². The van der Waals surface area contributed by atoms with Crippen LogP contribution in [0.5, 0.6) is 0 Å². The summed E-state index contributed by atoms with van der Waals surface area (Å²) in [5, 5.41) is 0. The van der Waals surface area contributed by atoms with E-state index in [-0.39, 0.29) is 11.9 Å². The standard InChI is InChI=1S/C19H27NO4/c1-19(2,3)24-17(21)13-20-11-9-15(10-12-20)14-5-7-16(8-6-14)18(22)23-4/h5-8,15H,9-13H2,1-4H3. The molecule has 1 aromatic rings. The lowest BCUT2D eigenvalue weighted by Gasteiger charge is -2.32. The Balaban J connectivity index is 1.84. The molecule has 1 aromatic carbocycles. The summed E-state index contributed by atoms with van der Waals surface area (Å²) >= 11 is 0. The Morgan fingerprint density at radius 2 is 1.71 bits per heavy atom. The first-order chi connectivity index (χ1) is 11.3. The number of carbonyl (C=O) groups excluding carboxylic acids is 2. The molecule has 1 heterocycles. The van der Waals surface area contributed by atoms with E-state index in [0.29, 0.717) is 18.0 Å². The molecule has 2 rings (SSSR count). The number of hydrogen-bond acceptors (Lipinski definition) is 5. The summed E-state index contributed by atoms with van der Waals surface area (Å²) in [6.45, 7) is 7.76. The molecule has 0 spiro atoms. The topological polar surface area (TPSA) is 55.8 Å². The third-order valence-corrected chi connectivity index (χ3v) is 4.16. The smallest absolute Gasteiger partial charge is 0.337 e. The highest BCUT2D eigenvalue weighted by Crippen LogP contribution is 2.28. The van der Waals surface area contributed by atoms with E-state index in [2.05, 4.69) is 4.90 Å². The summed E-state index contributed by atoms with van der Waals surface area (Å²) in [6.07, 6.45) is 2.00. The Hall–Kier alpha value is -1.88. The molecule has 1 fully saturated rings. The van der Waals surface area contributed by atoms with Gasteiger partial charge < -0.3 is 9.47 Å². The van der Waals surface area contributed by atoms with Crippen molar-refractivity contribution in [3.05, 3.63) is 35.4 Å². The molecule has 0 amide bonds. The molecule has 0 saturated carbocycles. The predicted molar refractivity (Wildman–Crippen MR) is 92.0 cm³/mol. The van der Waals surface area contributed by atoms with Gasteiger partial charge in [-0.3, -0.25) is 9.69 Å². The lowest BCUT2D eigenvalue weighted by molar-refractivity contribution is -0.156. The third kappa shape index (κ3) is 5.34. The fourth-order valence-electron chi connectivity index (χ4n) is 2.99. The van der Waals surface area contributed by atoms with Crippen LogP contribution in [0, 0.1) is 0 Å². The largest absolute Gasteiger partial charge is 0.465 e. The molecular formula is C19H27NO4. The fraction of sp³-hybridized carbons (Fsp3) is 0.579. The number of likely N-dealkylation sites (tertiary alicyclic amines) is 1. The van der Waals surface area contributed by atoms with Gasteiger partial charge in [0.1, 0.15) is 5.60 Å². The zero-order chi connectivity index (χ0) is 17.7. The van der Waals surface area contributed by atoms with Gasteiger partial charge in [-0.1, -0.05) is 12.1 Å². The molecule has 0 bridgehead atoms. The third-order valence-electron chi connectivity index (χ3n) is 4.16. The van der Waals surface area contributed by atoms with Crippen molar-refractivity contribution < 1.29 is 19.1 Å². The summed E-state index contributed by atoms with van der Waals surface area (Å²) in [5.74, 6) is -0.0105. The van der Waals surface area contributed by atoms with Crippen molar-refractivity contribution in [1.29, 1.82) is 0 Å². The monoisotopic (exact) mass is 333 g/mol. The van der Waals surface area contributed by atoms with E-state index in [9.17, 15) is 9.59 Å². The minimum Gasteiger partial charge on any atom is -0.465 e. The highest BCUT2D eigenvalue weighted by molar-refractivity contribution is 5.89. The van der Waals surface area contributed by atoms with Gasteiger partial charge >= 0.3 is 11.9 Å². The quantitative estimate of drug-likeness (QED) is 0.793. The van der Waals surface area contributed by atoms with Crippen LogP contribution >= 0.6 is 0 Å². The molecule has 0 radical (unpaired) electrons. The summed E-state index contributed by atoms with van der Waals surface area (Å²) in [7, 11) is 1.39. The summed E-state index contributed by atoms with van der Waals surface area (Å²) in [4.78, 5) is 25.5. The van der Waals surface area contributed by atoms with Gasteiger partial charge in [-0.05, 0) is 70.3 Å². The molecule has 1 aliphatic rings. The molecule has 0 N–H and O–H groups in total. The van der Waals surface area contributed by atoms with Gasteiger partial charge in [0.15, 0.2) is 0 Å². The van der Waals surface area contributed by atoms with Crippen molar-refractivity contribution in [3.8, 4) is 0 Å². The molecule has 24 heavy (non-hydrogen) atoms. The van der Waals surface area contributed by atoms with Gasteiger partial charge in [0.2, 0.25) is 0 Å². The first-order valence-electron chi connectivity index (χ1n) is 8.41. The Morgan fingerprint density at radius 3 is 2.21 bits per heavy atom. The van der Waals surface area contributed by atoms with Gasteiger partial charge in [0.05, 0.1) is 19.2 Å². The highest BCUT2D eigenvalue weighted by atomic mass is 16.6. The zero-order valence-electron chi connectivity index (χ0n) is 15.0. The number of methoxy groups -OCH3 is 1. The van der Waals surface area contributed by atoms with E-state index >= 15 is 0 Å². The Morgan fingerprint density at radius 1 is 1.12 bits per heavy atom. The van der Waals surface area contributed by atoms with Crippen LogP contribution in [0.1, 0.15) is 55.5 Å². The van der Waals surface area contributed by atoms with Crippen molar-refractivity contribution in [2.24, 2.45) is 0 Å². The maximum atomic E-state index is 11.9. The van der Waals surface area contributed by atoms with Crippen LogP contribution in [0.3, 0.4) is 0 Å². The highest BCUT2D eigenvalue weighted by Gasteiger charge is 2.24. The van der Waals surface area contributed by atoms with E-state index in [1.54, 1.807) is 0 Å². The summed E-state index contributed by atoms with van der Waals surface area (Å²) in [5.41, 5.74) is 1.37. The Kier molecular flexibility index (Phi) is 5.99. The minimum atomic E-state index is -0.434. The van der Waals surface area contributed by atoms with Crippen molar-refractivity contribution in [2.75, 3.05) is 26.7 Å². The minimum absolute atomic E-state index is 0.164. The first-order valence-corrected chi connectivity index (χ1v) is 8.41. The molecule has 1 saturated heterocycles. The van der Waals surface area contributed by atoms with Gasteiger partial charge in [-0.2, -0.15) is 0 Å². The van der Waals surface area contributed by atoms with Crippen LogP contribution in [-0.2, 0) is 14.3 Å². The number of benzene rings is 1. The Labute approximate surface area is 143 Å². The number of nitrogens with zero attached hydrogens (tertiary/aromatic N) is 1. The van der Waals surface area contributed by atoms with E-state index < -0.39 is 5.60 Å². The van der Waals surface area contributed by atoms with Crippen LogP contribution in [0.25, 0.3) is 0 Å². The molecule has 5 heteroatoms.